The van der Waals surface area contributed by atoms with E-state index in [1.54, 1.807) is 0 Å². The third-order valence-electron chi connectivity index (χ3n) is 5.66. The SMILES string of the molecule is C[C@@H]1N(CCCCCC(=O)O)c2ccc3ccccc3c2C1(C)C. The van der Waals surface area contributed by atoms with Gasteiger partial charge in [-0.25, -0.2) is 0 Å². The molecule has 0 amide bonds. The van der Waals surface area contributed by atoms with Crippen molar-refractivity contribution >= 4 is 22.4 Å². The van der Waals surface area contributed by atoms with E-state index in [1.807, 2.05) is 0 Å². The lowest BCUT2D eigenvalue weighted by Crippen LogP contribution is -2.39. The molecule has 1 aliphatic heterocycles. The first kappa shape index (κ1) is 16.8. The molecule has 0 spiro atoms. The summed E-state index contributed by atoms with van der Waals surface area (Å²) in [7, 11) is 0. The number of benzene rings is 2. The number of hydrogen-bond acceptors (Lipinski definition) is 2. The van der Waals surface area contributed by atoms with Crippen molar-refractivity contribution in [3.8, 4) is 0 Å². The molecule has 0 saturated carbocycles. The van der Waals surface area contributed by atoms with Crippen LogP contribution in [0.5, 0.6) is 0 Å². The average molecular weight is 325 g/mol. The van der Waals surface area contributed by atoms with Crippen molar-refractivity contribution in [2.45, 2.75) is 57.9 Å². The zero-order valence-electron chi connectivity index (χ0n) is 14.9. The highest BCUT2D eigenvalue weighted by molar-refractivity contribution is 5.93. The molecule has 0 aromatic heterocycles. The first-order valence-electron chi connectivity index (χ1n) is 8.93. The Balaban J connectivity index is 1.84. The van der Waals surface area contributed by atoms with Gasteiger partial charge in [0.25, 0.3) is 0 Å². The van der Waals surface area contributed by atoms with Crippen LogP contribution in [0.1, 0.15) is 52.0 Å². The molecule has 3 nitrogen and oxygen atoms in total. The van der Waals surface area contributed by atoms with Crippen LogP contribution < -0.4 is 4.90 Å². The van der Waals surface area contributed by atoms with Crippen LogP contribution in [0.2, 0.25) is 0 Å². The lowest BCUT2D eigenvalue weighted by molar-refractivity contribution is -0.137. The average Bonchev–Trinajstić information content (AvgIpc) is 2.75. The molecule has 1 heterocycles. The van der Waals surface area contributed by atoms with E-state index in [1.165, 1.54) is 22.0 Å². The minimum absolute atomic E-state index is 0.108. The second-order valence-corrected chi connectivity index (χ2v) is 7.48. The number of unbranched alkanes of at least 4 members (excludes halogenated alkanes) is 2. The van der Waals surface area contributed by atoms with Crippen LogP contribution in [-0.2, 0) is 10.2 Å². The summed E-state index contributed by atoms with van der Waals surface area (Å²) in [4.78, 5) is 13.1. The predicted octanol–water partition coefficient (Wildman–Crippen LogP) is 4.97. The van der Waals surface area contributed by atoms with Crippen LogP contribution in [0, 0.1) is 0 Å². The smallest absolute Gasteiger partial charge is 0.303 e. The van der Waals surface area contributed by atoms with E-state index >= 15 is 0 Å². The van der Waals surface area contributed by atoms with E-state index in [4.69, 9.17) is 5.11 Å². The van der Waals surface area contributed by atoms with Crippen LogP contribution in [-0.4, -0.2) is 23.7 Å². The van der Waals surface area contributed by atoms with Crippen LogP contribution in [0.15, 0.2) is 36.4 Å². The molecular weight excluding hydrogens is 298 g/mol. The summed E-state index contributed by atoms with van der Waals surface area (Å²) in [5.74, 6) is -0.692. The summed E-state index contributed by atoms with van der Waals surface area (Å²) in [6.45, 7) is 7.99. The number of fused-ring (bicyclic) bond motifs is 3. The van der Waals surface area contributed by atoms with Crippen molar-refractivity contribution < 1.29 is 9.90 Å². The number of anilines is 1. The third-order valence-corrected chi connectivity index (χ3v) is 5.66. The van der Waals surface area contributed by atoms with Gasteiger partial charge in [-0.1, -0.05) is 50.6 Å². The van der Waals surface area contributed by atoms with E-state index in [9.17, 15) is 4.79 Å². The largest absolute Gasteiger partial charge is 0.481 e. The highest BCUT2D eigenvalue weighted by Gasteiger charge is 2.42. The van der Waals surface area contributed by atoms with Crippen molar-refractivity contribution in [2.24, 2.45) is 0 Å². The molecule has 0 radical (unpaired) electrons. The predicted molar refractivity (Wildman–Crippen MR) is 99.9 cm³/mol. The van der Waals surface area contributed by atoms with Gasteiger partial charge in [-0.15, -0.1) is 0 Å². The van der Waals surface area contributed by atoms with E-state index in [0.717, 1.165) is 25.8 Å². The Hall–Kier alpha value is -2.03. The van der Waals surface area contributed by atoms with E-state index in [0.29, 0.717) is 6.04 Å². The first-order valence-corrected chi connectivity index (χ1v) is 8.93. The molecule has 3 rings (SSSR count). The van der Waals surface area contributed by atoms with Crippen molar-refractivity contribution in [1.29, 1.82) is 0 Å². The number of carbonyl (C=O) groups is 1. The number of rotatable bonds is 6. The minimum Gasteiger partial charge on any atom is -0.481 e. The van der Waals surface area contributed by atoms with E-state index in [-0.39, 0.29) is 11.8 Å². The van der Waals surface area contributed by atoms with Crippen molar-refractivity contribution in [3.05, 3.63) is 42.0 Å². The molecule has 0 saturated heterocycles. The summed E-state index contributed by atoms with van der Waals surface area (Å²) >= 11 is 0. The second kappa shape index (κ2) is 6.46. The highest BCUT2D eigenvalue weighted by Crippen LogP contribution is 2.48. The quantitative estimate of drug-likeness (QED) is 0.762. The van der Waals surface area contributed by atoms with Gasteiger partial charge in [-0.3, -0.25) is 4.79 Å². The summed E-state index contributed by atoms with van der Waals surface area (Å²) in [5, 5.41) is 11.4. The highest BCUT2D eigenvalue weighted by atomic mass is 16.4. The molecule has 0 fully saturated rings. The zero-order chi connectivity index (χ0) is 17.3. The Morgan fingerprint density at radius 2 is 1.88 bits per heavy atom. The van der Waals surface area contributed by atoms with E-state index in [2.05, 4.69) is 62.1 Å². The maximum atomic E-state index is 10.6. The standard InChI is InChI=1S/C21H27NO2/c1-15-21(2,3)20-17-10-7-6-9-16(17)12-13-18(20)22(15)14-8-4-5-11-19(23)24/h6-7,9-10,12-13,15H,4-5,8,11,14H2,1-3H3,(H,23,24)/t15-/m0/s1. The zero-order valence-corrected chi connectivity index (χ0v) is 14.9. The number of carboxylic acids is 1. The maximum absolute atomic E-state index is 10.6. The number of hydrogen-bond donors (Lipinski definition) is 1. The van der Waals surface area contributed by atoms with Gasteiger partial charge in [0.15, 0.2) is 0 Å². The van der Waals surface area contributed by atoms with Gasteiger partial charge in [-0.2, -0.15) is 0 Å². The topological polar surface area (TPSA) is 40.5 Å². The molecule has 3 heteroatoms. The van der Waals surface area contributed by atoms with Gasteiger partial charge in [0.1, 0.15) is 0 Å². The fourth-order valence-electron chi connectivity index (χ4n) is 4.03. The molecule has 24 heavy (non-hydrogen) atoms. The maximum Gasteiger partial charge on any atom is 0.303 e. The molecule has 2 aromatic carbocycles. The normalized spacial score (nSPS) is 18.8. The van der Waals surface area contributed by atoms with E-state index < -0.39 is 5.97 Å². The fraction of sp³-hybridized carbons (Fsp3) is 0.476. The van der Waals surface area contributed by atoms with Gasteiger partial charge in [0, 0.05) is 30.1 Å². The van der Waals surface area contributed by atoms with Gasteiger partial charge < -0.3 is 10.0 Å². The van der Waals surface area contributed by atoms with Crippen LogP contribution >= 0.6 is 0 Å². The number of nitrogens with zero attached hydrogens (tertiary/aromatic N) is 1. The number of carboxylic acid groups (broad SMARTS) is 1. The summed E-state index contributed by atoms with van der Waals surface area (Å²) < 4.78 is 0. The Morgan fingerprint density at radius 3 is 2.62 bits per heavy atom. The molecule has 0 aliphatic carbocycles. The Bertz CT molecular complexity index is 751. The monoisotopic (exact) mass is 325 g/mol. The van der Waals surface area contributed by atoms with Crippen LogP contribution in [0.4, 0.5) is 5.69 Å². The van der Waals surface area contributed by atoms with Gasteiger partial charge in [0.2, 0.25) is 0 Å². The van der Waals surface area contributed by atoms with Gasteiger partial charge in [0.05, 0.1) is 0 Å². The molecule has 1 N–H and O–H groups in total. The van der Waals surface area contributed by atoms with Crippen molar-refractivity contribution in [3.63, 3.8) is 0 Å². The molecule has 0 unspecified atom stereocenters. The summed E-state index contributed by atoms with van der Waals surface area (Å²) in [6.07, 6.45) is 3.06. The lowest BCUT2D eigenvalue weighted by Gasteiger charge is -2.31. The first-order chi connectivity index (χ1) is 11.4. The van der Waals surface area contributed by atoms with Crippen molar-refractivity contribution in [1.82, 2.24) is 0 Å². The van der Waals surface area contributed by atoms with Crippen molar-refractivity contribution in [2.75, 3.05) is 11.4 Å². The summed E-state index contributed by atoms with van der Waals surface area (Å²) in [5.41, 5.74) is 2.92. The summed E-state index contributed by atoms with van der Waals surface area (Å²) in [6, 6.07) is 13.6. The Kier molecular flexibility index (Phi) is 4.53. The Labute approximate surface area is 144 Å². The molecule has 2 aromatic rings. The molecule has 128 valence electrons. The Morgan fingerprint density at radius 1 is 1.12 bits per heavy atom. The minimum atomic E-state index is -0.692. The van der Waals surface area contributed by atoms with Crippen LogP contribution in [0.25, 0.3) is 10.8 Å². The third kappa shape index (κ3) is 2.88. The molecule has 1 atom stereocenters. The fourth-order valence-corrected chi connectivity index (χ4v) is 4.03. The number of aliphatic carboxylic acids is 1. The molecular formula is C21H27NO2. The lowest BCUT2D eigenvalue weighted by atomic mass is 9.79. The molecule has 0 bridgehead atoms. The van der Waals surface area contributed by atoms with Crippen LogP contribution in [0.3, 0.4) is 0 Å². The van der Waals surface area contributed by atoms with Gasteiger partial charge in [-0.05, 0) is 42.2 Å². The second-order valence-electron chi connectivity index (χ2n) is 7.48. The van der Waals surface area contributed by atoms with Gasteiger partial charge >= 0.3 is 5.97 Å². The molecule has 1 aliphatic rings.